The third-order valence-corrected chi connectivity index (χ3v) is 1.86. The number of halogens is 3. The Balaban J connectivity index is 3.09. The maximum Gasteiger partial charge on any atom is 0.573 e. The predicted octanol–water partition coefficient (Wildman–Crippen LogP) is 2.85. The van der Waals surface area contributed by atoms with Crippen molar-refractivity contribution in [1.29, 1.82) is 0 Å². The molecular weight excluding hydrogens is 225 g/mol. The quantitative estimate of drug-likeness (QED) is 0.874. The van der Waals surface area contributed by atoms with Crippen molar-refractivity contribution in [3.05, 3.63) is 29.3 Å². The minimum Gasteiger partial charge on any atom is -0.478 e. The maximum absolute atomic E-state index is 11.9. The fraction of sp³-hybridized carbons (Fsp3) is 0.300. The maximum atomic E-state index is 11.9. The molecule has 16 heavy (non-hydrogen) atoms. The summed E-state index contributed by atoms with van der Waals surface area (Å²) in [5.74, 6) is -1.80. The Kier molecular flexibility index (Phi) is 3.41. The molecule has 0 atom stereocenters. The van der Waals surface area contributed by atoms with Crippen LogP contribution in [0.25, 0.3) is 0 Å². The molecule has 3 nitrogen and oxygen atoms in total. The van der Waals surface area contributed by atoms with Gasteiger partial charge < -0.3 is 9.84 Å². The van der Waals surface area contributed by atoms with Crippen LogP contribution >= 0.6 is 0 Å². The van der Waals surface area contributed by atoms with E-state index in [1.165, 1.54) is 12.1 Å². The molecule has 0 aliphatic carbocycles. The number of aromatic carboxylic acids is 1. The normalized spacial score (nSPS) is 11.2. The first-order valence-corrected chi connectivity index (χ1v) is 4.45. The number of carbonyl (C=O) groups is 1. The van der Waals surface area contributed by atoms with Gasteiger partial charge in [0.25, 0.3) is 0 Å². The van der Waals surface area contributed by atoms with E-state index in [-0.39, 0.29) is 5.56 Å². The molecule has 0 unspecified atom stereocenters. The number of aryl methyl sites for hydroxylation is 1. The number of carboxylic acid groups (broad SMARTS) is 1. The Morgan fingerprint density at radius 2 is 2.00 bits per heavy atom. The van der Waals surface area contributed by atoms with Crippen molar-refractivity contribution in [1.82, 2.24) is 0 Å². The van der Waals surface area contributed by atoms with Crippen LogP contribution < -0.4 is 4.74 Å². The number of hydrogen-bond acceptors (Lipinski definition) is 2. The van der Waals surface area contributed by atoms with E-state index in [0.717, 1.165) is 6.07 Å². The van der Waals surface area contributed by atoms with Gasteiger partial charge in [-0.1, -0.05) is 6.92 Å². The minimum atomic E-state index is -4.82. The van der Waals surface area contributed by atoms with Gasteiger partial charge in [0.1, 0.15) is 5.75 Å². The van der Waals surface area contributed by atoms with E-state index in [1.54, 1.807) is 6.92 Å². The summed E-state index contributed by atoms with van der Waals surface area (Å²) in [5, 5.41) is 8.69. The van der Waals surface area contributed by atoms with E-state index in [9.17, 15) is 18.0 Å². The molecule has 0 bridgehead atoms. The number of alkyl halides is 3. The summed E-state index contributed by atoms with van der Waals surface area (Å²) in [4.78, 5) is 10.7. The zero-order valence-corrected chi connectivity index (χ0v) is 8.34. The highest BCUT2D eigenvalue weighted by molar-refractivity contribution is 5.88. The third kappa shape index (κ3) is 3.45. The van der Waals surface area contributed by atoms with E-state index >= 15 is 0 Å². The standard InChI is InChI=1S/C10H9F3O3/c1-2-6-3-7(9(14)15)5-8(4-6)16-10(11,12)13/h3-5H,2H2,1H3,(H,14,15). The van der Waals surface area contributed by atoms with Gasteiger partial charge in [0, 0.05) is 0 Å². The van der Waals surface area contributed by atoms with Crippen LogP contribution in [0.1, 0.15) is 22.8 Å². The summed E-state index contributed by atoms with van der Waals surface area (Å²) >= 11 is 0. The molecular formula is C10H9F3O3. The topological polar surface area (TPSA) is 46.5 Å². The molecule has 0 aliphatic heterocycles. The first-order valence-electron chi connectivity index (χ1n) is 4.45. The zero-order valence-electron chi connectivity index (χ0n) is 8.34. The average molecular weight is 234 g/mol. The van der Waals surface area contributed by atoms with Crippen LogP contribution in [0.4, 0.5) is 13.2 Å². The number of ether oxygens (including phenoxy) is 1. The summed E-state index contributed by atoms with van der Waals surface area (Å²) < 4.78 is 39.5. The van der Waals surface area contributed by atoms with Crippen molar-refractivity contribution in [3.63, 3.8) is 0 Å². The summed E-state index contributed by atoms with van der Waals surface area (Å²) in [6.07, 6.45) is -4.39. The fourth-order valence-electron chi connectivity index (χ4n) is 1.18. The lowest BCUT2D eigenvalue weighted by molar-refractivity contribution is -0.274. The van der Waals surface area contributed by atoms with Crippen molar-refractivity contribution in [2.75, 3.05) is 0 Å². The van der Waals surface area contributed by atoms with Gasteiger partial charge in [-0.05, 0) is 30.2 Å². The van der Waals surface area contributed by atoms with Gasteiger partial charge in [0.2, 0.25) is 0 Å². The Hall–Kier alpha value is -1.72. The van der Waals surface area contributed by atoms with E-state index in [0.29, 0.717) is 12.0 Å². The second-order valence-electron chi connectivity index (χ2n) is 3.07. The molecule has 0 amide bonds. The summed E-state index contributed by atoms with van der Waals surface area (Å²) in [5.41, 5.74) is 0.248. The van der Waals surface area contributed by atoms with Crippen LogP contribution in [0.15, 0.2) is 18.2 Å². The average Bonchev–Trinajstić information content (AvgIpc) is 2.14. The van der Waals surface area contributed by atoms with Gasteiger partial charge in [0.15, 0.2) is 0 Å². The zero-order chi connectivity index (χ0) is 12.3. The molecule has 0 saturated carbocycles. The summed E-state index contributed by atoms with van der Waals surface area (Å²) in [6, 6.07) is 3.32. The van der Waals surface area contributed by atoms with Gasteiger partial charge in [-0.2, -0.15) is 0 Å². The highest BCUT2D eigenvalue weighted by Crippen LogP contribution is 2.25. The smallest absolute Gasteiger partial charge is 0.478 e. The molecule has 1 rings (SSSR count). The third-order valence-electron chi connectivity index (χ3n) is 1.86. The van der Waals surface area contributed by atoms with Crippen LogP contribution in [0.2, 0.25) is 0 Å². The number of benzene rings is 1. The van der Waals surface area contributed by atoms with E-state index < -0.39 is 18.1 Å². The number of carboxylic acids is 1. The summed E-state index contributed by atoms with van der Waals surface area (Å²) in [6.45, 7) is 1.71. The molecule has 0 fully saturated rings. The molecule has 1 aromatic carbocycles. The molecule has 0 radical (unpaired) electrons. The van der Waals surface area contributed by atoms with E-state index in [4.69, 9.17) is 5.11 Å². The molecule has 1 aromatic rings. The van der Waals surface area contributed by atoms with Crippen LogP contribution in [0, 0.1) is 0 Å². The molecule has 0 spiro atoms. The molecule has 1 N–H and O–H groups in total. The molecule has 0 aliphatic rings. The van der Waals surface area contributed by atoms with Crippen LogP contribution in [-0.2, 0) is 6.42 Å². The largest absolute Gasteiger partial charge is 0.573 e. The van der Waals surface area contributed by atoms with Gasteiger partial charge in [-0.3, -0.25) is 0 Å². The van der Waals surface area contributed by atoms with Crippen LogP contribution in [-0.4, -0.2) is 17.4 Å². The van der Waals surface area contributed by atoms with Crippen molar-refractivity contribution in [2.24, 2.45) is 0 Å². The lowest BCUT2D eigenvalue weighted by Gasteiger charge is -2.10. The number of rotatable bonds is 3. The Morgan fingerprint density at radius 1 is 1.38 bits per heavy atom. The van der Waals surface area contributed by atoms with Crippen molar-refractivity contribution in [3.8, 4) is 5.75 Å². The minimum absolute atomic E-state index is 0.224. The molecule has 88 valence electrons. The highest BCUT2D eigenvalue weighted by Gasteiger charge is 2.31. The van der Waals surface area contributed by atoms with Crippen molar-refractivity contribution < 1.29 is 27.8 Å². The molecule has 6 heteroatoms. The molecule has 0 saturated heterocycles. The lowest BCUT2D eigenvalue weighted by atomic mass is 10.1. The van der Waals surface area contributed by atoms with Gasteiger partial charge >= 0.3 is 12.3 Å². The van der Waals surface area contributed by atoms with Gasteiger partial charge in [-0.25, -0.2) is 4.79 Å². The molecule has 0 aromatic heterocycles. The fourth-order valence-corrected chi connectivity index (χ4v) is 1.18. The molecule has 0 heterocycles. The van der Waals surface area contributed by atoms with E-state index in [2.05, 4.69) is 4.74 Å². The van der Waals surface area contributed by atoms with Gasteiger partial charge in [0.05, 0.1) is 5.56 Å². The highest BCUT2D eigenvalue weighted by atomic mass is 19.4. The van der Waals surface area contributed by atoms with Crippen molar-refractivity contribution in [2.45, 2.75) is 19.7 Å². The number of hydrogen-bond donors (Lipinski definition) is 1. The van der Waals surface area contributed by atoms with Crippen LogP contribution in [0.5, 0.6) is 5.75 Å². The lowest BCUT2D eigenvalue weighted by Crippen LogP contribution is -2.17. The van der Waals surface area contributed by atoms with E-state index in [1.807, 2.05) is 0 Å². The first-order chi connectivity index (χ1) is 7.31. The Labute approximate surface area is 89.5 Å². The van der Waals surface area contributed by atoms with Crippen molar-refractivity contribution >= 4 is 5.97 Å². The second-order valence-corrected chi connectivity index (χ2v) is 3.07. The second kappa shape index (κ2) is 4.42. The summed E-state index contributed by atoms with van der Waals surface area (Å²) in [7, 11) is 0. The predicted molar refractivity (Wildman–Crippen MR) is 49.5 cm³/mol. The monoisotopic (exact) mass is 234 g/mol. The Bertz CT molecular complexity index is 399. The van der Waals surface area contributed by atoms with Gasteiger partial charge in [-0.15, -0.1) is 13.2 Å². The first kappa shape index (κ1) is 12.4. The van der Waals surface area contributed by atoms with Crippen LogP contribution in [0.3, 0.4) is 0 Å². The SMILES string of the molecule is CCc1cc(OC(F)(F)F)cc(C(=O)O)c1. The Morgan fingerprint density at radius 3 is 2.44 bits per heavy atom.